The Balaban J connectivity index is 1.51. The van der Waals surface area contributed by atoms with Crippen LogP contribution in [0.1, 0.15) is 32.1 Å². The molecule has 1 saturated heterocycles. The molecule has 3 nitrogen and oxygen atoms in total. The van der Waals surface area contributed by atoms with Gasteiger partial charge in [0.1, 0.15) is 0 Å². The molecule has 16 heavy (non-hydrogen) atoms. The van der Waals surface area contributed by atoms with Crippen LogP contribution in [-0.2, 0) is 0 Å². The molecule has 1 aliphatic heterocycles. The van der Waals surface area contributed by atoms with Crippen molar-refractivity contribution in [1.29, 1.82) is 0 Å². The van der Waals surface area contributed by atoms with Crippen molar-refractivity contribution in [3.05, 3.63) is 0 Å². The summed E-state index contributed by atoms with van der Waals surface area (Å²) in [5.41, 5.74) is 6.11. The maximum Gasteiger partial charge on any atom is 0.0109 e. The van der Waals surface area contributed by atoms with E-state index in [1.165, 1.54) is 64.8 Å². The number of hydrogen-bond acceptors (Lipinski definition) is 3. The standard InChI is InChI=1S/C13H27N3/c1-15(9-6-13(14)12-4-5-12)10-11-16-7-2-3-8-16/h12-13H,2-11,14H2,1H3. The van der Waals surface area contributed by atoms with E-state index in [9.17, 15) is 0 Å². The fourth-order valence-corrected chi connectivity index (χ4v) is 2.56. The highest BCUT2D eigenvalue weighted by Gasteiger charge is 2.28. The van der Waals surface area contributed by atoms with Gasteiger partial charge in [-0.2, -0.15) is 0 Å². The van der Waals surface area contributed by atoms with Gasteiger partial charge in [-0.3, -0.25) is 0 Å². The van der Waals surface area contributed by atoms with E-state index in [-0.39, 0.29) is 0 Å². The van der Waals surface area contributed by atoms with Gasteiger partial charge < -0.3 is 15.5 Å². The Morgan fingerprint density at radius 2 is 1.94 bits per heavy atom. The monoisotopic (exact) mass is 225 g/mol. The molecule has 0 aromatic heterocycles. The zero-order valence-electron chi connectivity index (χ0n) is 10.7. The van der Waals surface area contributed by atoms with E-state index >= 15 is 0 Å². The summed E-state index contributed by atoms with van der Waals surface area (Å²) in [7, 11) is 2.23. The number of rotatable bonds is 7. The first-order valence-corrected chi connectivity index (χ1v) is 6.92. The summed E-state index contributed by atoms with van der Waals surface area (Å²) < 4.78 is 0. The minimum atomic E-state index is 0.467. The molecule has 2 fully saturated rings. The minimum Gasteiger partial charge on any atom is -0.327 e. The third kappa shape index (κ3) is 4.04. The van der Waals surface area contributed by atoms with Crippen molar-refractivity contribution in [2.24, 2.45) is 11.7 Å². The fourth-order valence-electron chi connectivity index (χ4n) is 2.56. The topological polar surface area (TPSA) is 32.5 Å². The predicted octanol–water partition coefficient (Wildman–Crippen LogP) is 1.14. The molecule has 0 amide bonds. The number of nitrogens with zero attached hydrogens (tertiary/aromatic N) is 2. The van der Waals surface area contributed by atoms with Crippen LogP contribution in [0.4, 0.5) is 0 Å². The van der Waals surface area contributed by atoms with Gasteiger partial charge in [0.25, 0.3) is 0 Å². The second-order valence-electron chi connectivity index (χ2n) is 5.64. The van der Waals surface area contributed by atoms with E-state index in [1.807, 2.05) is 0 Å². The SMILES string of the molecule is CN(CCC(N)C1CC1)CCN1CCCC1. The van der Waals surface area contributed by atoms with Crippen molar-refractivity contribution in [2.75, 3.05) is 39.8 Å². The minimum absolute atomic E-state index is 0.467. The van der Waals surface area contributed by atoms with Crippen LogP contribution in [0.25, 0.3) is 0 Å². The maximum atomic E-state index is 6.11. The number of likely N-dealkylation sites (tertiary alicyclic amines) is 1. The highest BCUT2D eigenvalue weighted by atomic mass is 15.2. The fraction of sp³-hybridized carbons (Fsp3) is 1.00. The molecule has 0 spiro atoms. The zero-order chi connectivity index (χ0) is 11.4. The maximum absolute atomic E-state index is 6.11. The Bertz CT molecular complexity index is 191. The van der Waals surface area contributed by atoms with Crippen LogP contribution in [0.15, 0.2) is 0 Å². The molecule has 1 aliphatic carbocycles. The van der Waals surface area contributed by atoms with Crippen molar-refractivity contribution in [3.8, 4) is 0 Å². The molecule has 94 valence electrons. The van der Waals surface area contributed by atoms with E-state index in [4.69, 9.17) is 5.73 Å². The van der Waals surface area contributed by atoms with Gasteiger partial charge in [0.05, 0.1) is 0 Å². The summed E-state index contributed by atoms with van der Waals surface area (Å²) in [4.78, 5) is 5.03. The lowest BCUT2D eigenvalue weighted by molar-refractivity contribution is 0.249. The number of nitrogens with two attached hydrogens (primary N) is 1. The summed E-state index contributed by atoms with van der Waals surface area (Å²) in [6.07, 6.45) is 6.73. The van der Waals surface area contributed by atoms with E-state index in [0.29, 0.717) is 6.04 Å². The van der Waals surface area contributed by atoms with Gasteiger partial charge in [0, 0.05) is 19.1 Å². The van der Waals surface area contributed by atoms with Crippen molar-refractivity contribution in [3.63, 3.8) is 0 Å². The second kappa shape index (κ2) is 5.99. The normalized spacial score (nSPS) is 24.2. The van der Waals surface area contributed by atoms with Crippen LogP contribution < -0.4 is 5.73 Å². The van der Waals surface area contributed by atoms with Gasteiger partial charge in [-0.25, -0.2) is 0 Å². The largest absolute Gasteiger partial charge is 0.327 e. The first-order chi connectivity index (χ1) is 7.75. The Morgan fingerprint density at radius 3 is 2.56 bits per heavy atom. The third-order valence-electron chi connectivity index (χ3n) is 4.07. The Hall–Kier alpha value is -0.120. The van der Waals surface area contributed by atoms with Crippen molar-refractivity contribution >= 4 is 0 Å². The average Bonchev–Trinajstić information content (AvgIpc) is 3.01. The second-order valence-corrected chi connectivity index (χ2v) is 5.64. The van der Waals surface area contributed by atoms with Crippen LogP contribution in [0.2, 0.25) is 0 Å². The Morgan fingerprint density at radius 1 is 1.25 bits per heavy atom. The smallest absolute Gasteiger partial charge is 0.0109 e. The summed E-state index contributed by atoms with van der Waals surface area (Å²) in [6, 6.07) is 0.467. The van der Waals surface area contributed by atoms with Crippen molar-refractivity contribution in [2.45, 2.75) is 38.1 Å². The number of hydrogen-bond donors (Lipinski definition) is 1. The molecule has 1 unspecified atom stereocenters. The molecule has 2 N–H and O–H groups in total. The first-order valence-electron chi connectivity index (χ1n) is 6.92. The van der Waals surface area contributed by atoms with Crippen LogP contribution in [0.5, 0.6) is 0 Å². The van der Waals surface area contributed by atoms with Crippen LogP contribution in [-0.4, -0.2) is 55.6 Å². The van der Waals surface area contributed by atoms with E-state index in [2.05, 4.69) is 16.8 Å². The molecule has 0 aromatic carbocycles. The molecule has 1 saturated carbocycles. The first kappa shape index (κ1) is 12.3. The van der Waals surface area contributed by atoms with Gasteiger partial charge in [-0.1, -0.05) is 0 Å². The van der Waals surface area contributed by atoms with Crippen molar-refractivity contribution < 1.29 is 0 Å². The van der Waals surface area contributed by atoms with Gasteiger partial charge in [-0.15, -0.1) is 0 Å². The van der Waals surface area contributed by atoms with E-state index < -0.39 is 0 Å². The summed E-state index contributed by atoms with van der Waals surface area (Å²) in [5, 5.41) is 0. The van der Waals surface area contributed by atoms with Gasteiger partial charge in [0.15, 0.2) is 0 Å². The summed E-state index contributed by atoms with van der Waals surface area (Å²) >= 11 is 0. The molecule has 1 atom stereocenters. The van der Waals surface area contributed by atoms with E-state index in [1.54, 1.807) is 0 Å². The molecule has 0 bridgehead atoms. The highest BCUT2D eigenvalue weighted by molar-refractivity contribution is 4.84. The quantitative estimate of drug-likeness (QED) is 0.705. The molecule has 2 aliphatic rings. The molecule has 0 aromatic rings. The lowest BCUT2D eigenvalue weighted by Gasteiger charge is -2.22. The lowest BCUT2D eigenvalue weighted by Crippen LogP contribution is -2.34. The molecule has 0 radical (unpaired) electrons. The average molecular weight is 225 g/mol. The Kier molecular flexibility index (Phi) is 4.62. The lowest BCUT2D eigenvalue weighted by atomic mass is 10.1. The zero-order valence-corrected chi connectivity index (χ0v) is 10.7. The molecular weight excluding hydrogens is 198 g/mol. The summed E-state index contributed by atoms with van der Waals surface area (Å²) in [6.45, 7) is 6.25. The molecule has 1 heterocycles. The van der Waals surface area contributed by atoms with Crippen LogP contribution in [0.3, 0.4) is 0 Å². The van der Waals surface area contributed by atoms with E-state index in [0.717, 1.165) is 5.92 Å². The van der Waals surface area contributed by atoms with Gasteiger partial charge in [-0.05, 0) is 64.7 Å². The van der Waals surface area contributed by atoms with Gasteiger partial charge in [0.2, 0.25) is 0 Å². The Labute approximate surface area is 100.0 Å². The highest BCUT2D eigenvalue weighted by Crippen LogP contribution is 2.32. The van der Waals surface area contributed by atoms with Crippen LogP contribution >= 0.6 is 0 Å². The number of likely N-dealkylation sites (N-methyl/N-ethyl adjacent to an activating group) is 1. The molecule has 3 heteroatoms. The molecular formula is C13H27N3. The predicted molar refractivity (Wildman–Crippen MR) is 68.5 cm³/mol. The van der Waals surface area contributed by atoms with Crippen molar-refractivity contribution in [1.82, 2.24) is 9.80 Å². The van der Waals surface area contributed by atoms with Gasteiger partial charge >= 0.3 is 0 Å². The molecule has 2 rings (SSSR count). The third-order valence-corrected chi connectivity index (χ3v) is 4.07. The van der Waals surface area contributed by atoms with Crippen LogP contribution in [0, 0.1) is 5.92 Å². The summed E-state index contributed by atoms with van der Waals surface area (Å²) in [5.74, 6) is 0.854.